The molecule has 4 rings (SSSR count). The summed E-state index contributed by atoms with van der Waals surface area (Å²) in [4.78, 5) is 11.6. The van der Waals surface area contributed by atoms with Gasteiger partial charge in [-0.25, -0.2) is 9.37 Å². The van der Waals surface area contributed by atoms with E-state index in [1.807, 2.05) is 6.07 Å². The third-order valence-electron chi connectivity index (χ3n) is 3.03. The van der Waals surface area contributed by atoms with Crippen molar-refractivity contribution in [2.45, 2.75) is 0 Å². The molecule has 0 aliphatic heterocycles. The average Bonchev–Trinajstić information content (AvgIpc) is 3.00. The number of rotatable bonds is 1. The smallest absolute Gasteiger partial charge is 0.159 e. The zero-order chi connectivity index (χ0) is 12.8. The van der Waals surface area contributed by atoms with Gasteiger partial charge in [-0.05, 0) is 24.3 Å². The van der Waals surface area contributed by atoms with Gasteiger partial charge in [0.15, 0.2) is 5.82 Å². The van der Waals surface area contributed by atoms with Crippen molar-refractivity contribution in [3.63, 3.8) is 0 Å². The lowest BCUT2D eigenvalue weighted by Crippen LogP contribution is -1.81. The molecule has 1 aromatic carbocycles. The molecule has 5 nitrogen and oxygen atoms in total. The Balaban J connectivity index is 1.98. The van der Waals surface area contributed by atoms with E-state index in [0.29, 0.717) is 17.0 Å². The molecule has 3 aromatic heterocycles. The Labute approximate surface area is 106 Å². The first kappa shape index (κ1) is 10.2. The number of benzene rings is 1. The molecule has 3 heterocycles. The minimum Gasteiger partial charge on any atom is -0.335 e. The number of halogens is 1. The number of pyridine rings is 1. The van der Waals surface area contributed by atoms with E-state index in [9.17, 15) is 4.39 Å². The predicted octanol–water partition coefficient (Wildman–Crippen LogP) is 2.64. The van der Waals surface area contributed by atoms with Gasteiger partial charge in [0.05, 0.1) is 22.7 Å². The molecule has 4 aromatic rings. The SMILES string of the molecule is Fc1ccc2c(-c3nc4ccncc4[nH]3)n[nH]c2c1. The van der Waals surface area contributed by atoms with E-state index in [1.165, 1.54) is 12.1 Å². The van der Waals surface area contributed by atoms with E-state index in [0.717, 1.165) is 16.4 Å². The largest absolute Gasteiger partial charge is 0.335 e. The Bertz CT molecular complexity index is 859. The summed E-state index contributed by atoms with van der Waals surface area (Å²) >= 11 is 0. The maximum Gasteiger partial charge on any atom is 0.159 e. The first-order valence-corrected chi connectivity index (χ1v) is 5.75. The Morgan fingerprint density at radius 3 is 2.95 bits per heavy atom. The number of nitrogens with one attached hydrogen (secondary N) is 2. The lowest BCUT2D eigenvalue weighted by Gasteiger charge is -1.92. The van der Waals surface area contributed by atoms with Gasteiger partial charge in [0.1, 0.15) is 11.5 Å². The van der Waals surface area contributed by atoms with Gasteiger partial charge < -0.3 is 4.98 Å². The van der Waals surface area contributed by atoms with Crippen molar-refractivity contribution < 1.29 is 4.39 Å². The molecule has 0 aliphatic rings. The summed E-state index contributed by atoms with van der Waals surface area (Å²) in [6.07, 6.45) is 3.39. The number of fused-ring (bicyclic) bond motifs is 2. The van der Waals surface area contributed by atoms with Crippen LogP contribution < -0.4 is 0 Å². The Kier molecular flexibility index (Phi) is 1.94. The first-order valence-electron chi connectivity index (χ1n) is 5.75. The van der Waals surface area contributed by atoms with E-state index in [1.54, 1.807) is 18.5 Å². The van der Waals surface area contributed by atoms with Crippen LogP contribution in [-0.2, 0) is 0 Å². The molecule has 0 fully saturated rings. The predicted molar refractivity (Wildman–Crippen MR) is 68.9 cm³/mol. The van der Waals surface area contributed by atoms with Crippen molar-refractivity contribution in [2.75, 3.05) is 0 Å². The van der Waals surface area contributed by atoms with Gasteiger partial charge in [0.25, 0.3) is 0 Å². The normalized spacial score (nSPS) is 11.4. The molecule has 0 unspecified atom stereocenters. The zero-order valence-electron chi connectivity index (χ0n) is 9.68. The molecular formula is C13H8FN5. The van der Waals surface area contributed by atoms with Gasteiger partial charge in [-0.1, -0.05) is 0 Å². The molecule has 0 saturated carbocycles. The van der Waals surface area contributed by atoms with E-state index >= 15 is 0 Å². The Morgan fingerprint density at radius 1 is 1.11 bits per heavy atom. The molecule has 0 bridgehead atoms. The van der Waals surface area contributed by atoms with Crippen molar-refractivity contribution in [3.8, 4) is 11.5 Å². The van der Waals surface area contributed by atoms with E-state index in [-0.39, 0.29) is 5.82 Å². The molecule has 0 aliphatic carbocycles. The average molecular weight is 253 g/mol. The van der Waals surface area contributed by atoms with E-state index in [2.05, 4.69) is 25.1 Å². The molecule has 0 saturated heterocycles. The number of aromatic nitrogens is 5. The van der Waals surface area contributed by atoms with Crippen LogP contribution in [0.15, 0.2) is 36.7 Å². The highest BCUT2D eigenvalue weighted by atomic mass is 19.1. The standard InChI is InChI=1S/C13H8FN5/c14-7-1-2-8-10(5-7)18-19-12(8)13-16-9-3-4-15-6-11(9)17-13/h1-6H,(H,16,17)(H,18,19). The fourth-order valence-corrected chi connectivity index (χ4v) is 2.14. The van der Waals surface area contributed by atoms with Crippen molar-refractivity contribution in [1.29, 1.82) is 0 Å². The lowest BCUT2D eigenvalue weighted by atomic mass is 10.2. The van der Waals surface area contributed by atoms with Crippen LogP contribution >= 0.6 is 0 Å². The molecule has 0 amide bonds. The minimum absolute atomic E-state index is 0.295. The molecule has 2 N–H and O–H groups in total. The van der Waals surface area contributed by atoms with Crippen LogP contribution in [0.1, 0.15) is 0 Å². The van der Waals surface area contributed by atoms with Crippen LogP contribution in [0.5, 0.6) is 0 Å². The number of aromatic amines is 2. The summed E-state index contributed by atoms with van der Waals surface area (Å²) in [6.45, 7) is 0. The quantitative estimate of drug-likeness (QED) is 0.548. The number of nitrogens with zero attached hydrogens (tertiary/aromatic N) is 3. The number of hydrogen-bond donors (Lipinski definition) is 2. The first-order chi connectivity index (χ1) is 9.31. The van der Waals surface area contributed by atoms with Crippen molar-refractivity contribution in [1.82, 2.24) is 25.1 Å². The molecule has 19 heavy (non-hydrogen) atoms. The monoisotopic (exact) mass is 253 g/mol. The van der Waals surface area contributed by atoms with Gasteiger partial charge in [-0.15, -0.1) is 0 Å². The summed E-state index contributed by atoms with van der Waals surface area (Å²) in [5.74, 6) is 0.345. The Morgan fingerprint density at radius 2 is 2.05 bits per heavy atom. The van der Waals surface area contributed by atoms with Gasteiger partial charge in [-0.2, -0.15) is 5.10 Å². The molecule has 0 radical (unpaired) electrons. The molecule has 92 valence electrons. The second kappa shape index (κ2) is 3.61. The number of H-pyrrole nitrogens is 2. The lowest BCUT2D eigenvalue weighted by molar-refractivity contribution is 0.629. The summed E-state index contributed by atoms with van der Waals surface area (Å²) in [7, 11) is 0. The van der Waals surface area contributed by atoms with Crippen molar-refractivity contribution in [3.05, 3.63) is 42.5 Å². The third-order valence-corrected chi connectivity index (χ3v) is 3.03. The maximum absolute atomic E-state index is 13.1. The van der Waals surface area contributed by atoms with Gasteiger partial charge >= 0.3 is 0 Å². The van der Waals surface area contributed by atoms with Crippen molar-refractivity contribution >= 4 is 21.9 Å². The summed E-state index contributed by atoms with van der Waals surface area (Å²) in [5, 5.41) is 7.83. The van der Waals surface area contributed by atoms with Gasteiger partial charge in [-0.3, -0.25) is 10.1 Å². The summed E-state index contributed by atoms with van der Waals surface area (Å²) in [5.41, 5.74) is 2.99. The third kappa shape index (κ3) is 1.50. The second-order valence-corrected chi connectivity index (χ2v) is 4.24. The zero-order valence-corrected chi connectivity index (χ0v) is 9.68. The Hall–Kier alpha value is -2.76. The van der Waals surface area contributed by atoms with Crippen LogP contribution in [0.2, 0.25) is 0 Å². The second-order valence-electron chi connectivity index (χ2n) is 4.24. The molecule has 0 spiro atoms. The van der Waals surface area contributed by atoms with Gasteiger partial charge in [0.2, 0.25) is 0 Å². The fraction of sp³-hybridized carbons (Fsp3) is 0. The van der Waals surface area contributed by atoms with Gasteiger partial charge in [0, 0.05) is 11.6 Å². The highest BCUT2D eigenvalue weighted by molar-refractivity contribution is 5.92. The summed E-state index contributed by atoms with van der Waals surface area (Å²) < 4.78 is 13.1. The maximum atomic E-state index is 13.1. The number of imidazole rings is 1. The van der Waals surface area contributed by atoms with Crippen LogP contribution in [0.4, 0.5) is 4.39 Å². The van der Waals surface area contributed by atoms with Crippen molar-refractivity contribution in [2.24, 2.45) is 0 Å². The molecule has 0 atom stereocenters. The highest BCUT2D eigenvalue weighted by Crippen LogP contribution is 2.26. The topological polar surface area (TPSA) is 70.2 Å². The van der Waals surface area contributed by atoms with Crippen LogP contribution in [0, 0.1) is 5.82 Å². The molecule has 6 heteroatoms. The van der Waals surface area contributed by atoms with Crippen LogP contribution in [0.25, 0.3) is 33.5 Å². The highest BCUT2D eigenvalue weighted by Gasteiger charge is 2.12. The minimum atomic E-state index is -0.295. The van der Waals surface area contributed by atoms with Crippen LogP contribution in [0.3, 0.4) is 0 Å². The molecular weight excluding hydrogens is 245 g/mol. The fourth-order valence-electron chi connectivity index (χ4n) is 2.14. The van der Waals surface area contributed by atoms with E-state index < -0.39 is 0 Å². The number of hydrogen-bond acceptors (Lipinski definition) is 3. The van der Waals surface area contributed by atoms with Crippen LogP contribution in [-0.4, -0.2) is 25.1 Å². The van der Waals surface area contributed by atoms with E-state index in [4.69, 9.17) is 0 Å². The summed E-state index contributed by atoms with van der Waals surface area (Å²) in [6, 6.07) is 6.33.